The molecule has 3 aromatic rings. The Balaban J connectivity index is 1.45. The van der Waals surface area contributed by atoms with Crippen molar-refractivity contribution in [1.82, 2.24) is 15.1 Å². The van der Waals surface area contributed by atoms with Gasteiger partial charge in [-0.2, -0.15) is 0 Å². The van der Waals surface area contributed by atoms with Gasteiger partial charge in [0.15, 0.2) is 5.82 Å². The molecule has 2 fully saturated rings. The number of rotatable bonds is 5. The molecule has 1 aromatic heterocycles. The third kappa shape index (κ3) is 5.50. The third-order valence-electron chi connectivity index (χ3n) is 8.16. The second-order valence-corrected chi connectivity index (χ2v) is 12.1. The fourth-order valence-electron chi connectivity index (χ4n) is 6.59. The number of carbonyl (C=O) groups excluding carboxylic acids is 1. The average molecular weight is 560 g/mol. The van der Waals surface area contributed by atoms with E-state index in [4.69, 9.17) is 39.9 Å². The van der Waals surface area contributed by atoms with Crippen molar-refractivity contribution >= 4 is 46.7 Å². The molecule has 2 aliphatic carbocycles. The first-order valence-electron chi connectivity index (χ1n) is 13.1. The molecule has 8 heteroatoms. The van der Waals surface area contributed by atoms with Crippen molar-refractivity contribution in [3.63, 3.8) is 0 Å². The highest BCUT2D eigenvalue weighted by molar-refractivity contribution is 6.35. The maximum atomic E-state index is 13.4. The van der Waals surface area contributed by atoms with E-state index in [1.165, 1.54) is 25.7 Å². The maximum absolute atomic E-state index is 13.4. The summed E-state index contributed by atoms with van der Waals surface area (Å²) in [7, 11) is 0. The maximum Gasteiger partial charge on any atom is 0.320 e. The monoisotopic (exact) mass is 558 g/mol. The van der Waals surface area contributed by atoms with Crippen LogP contribution in [-0.2, 0) is 0 Å². The second kappa shape index (κ2) is 10.9. The zero-order valence-electron chi connectivity index (χ0n) is 21.4. The van der Waals surface area contributed by atoms with E-state index in [9.17, 15) is 4.79 Å². The third-order valence-corrected chi connectivity index (χ3v) is 8.95. The highest BCUT2D eigenvalue weighted by atomic mass is 35.5. The second-order valence-electron chi connectivity index (χ2n) is 10.8. The molecule has 5 atom stereocenters. The number of amides is 2. The minimum absolute atomic E-state index is 0.188. The topological polar surface area (TPSA) is 59.0 Å². The molecule has 0 spiro atoms. The Morgan fingerprint density at radius 2 is 1.76 bits per heavy atom. The number of halogens is 3. The molecule has 0 radical (unpaired) electrons. The van der Waals surface area contributed by atoms with Crippen LogP contribution in [0.25, 0.3) is 16.9 Å². The molecule has 2 bridgehead atoms. The summed E-state index contributed by atoms with van der Waals surface area (Å²) < 4.78 is 1.76. The van der Waals surface area contributed by atoms with E-state index in [2.05, 4.69) is 24.5 Å². The lowest BCUT2D eigenvalue weighted by Crippen LogP contribution is -2.52. The average Bonchev–Trinajstić information content (AvgIpc) is 3.16. The van der Waals surface area contributed by atoms with Gasteiger partial charge in [-0.05, 0) is 86.6 Å². The van der Waals surface area contributed by atoms with Gasteiger partial charge in [0, 0.05) is 27.2 Å². The first-order chi connectivity index (χ1) is 17.7. The summed E-state index contributed by atoms with van der Waals surface area (Å²) in [5.41, 5.74) is 3.25. The molecule has 2 amide bonds. The lowest BCUT2D eigenvalue weighted by Gasteiger charge is -2.47. The van der Waals surface area contributed by atoms with Gasteiger partial charge in [0.1, 0.15) is 0 Å². The Labute approximate surface area is 233 Å². The highest BCUT2D eigenvalue weighted by Gasteiger charge is 2.41. The van der Waals surface area contributed by atoms with Gasteiger partial charge in [0.05, 0.1) is 16.4 Å². The zero-order valence-corrected chi connectivity index (χ0v) is 23.7. The normalized spacial score (nSPS) is 25.1. The summed E-state index contributed by atoms with van der Waals surface area (Å²) >= 11 is 18.9. The zero-order chi connectivity index (χ0) is 26.3. The van der Waals surface area contributed by atoms with Gasteiger partial charge in [-0.25, -0.2) is 9.48 Å². The lowest BCUT2D eigenvalue weighted by atomic mass is 9.62. The van der Waals surface area contributed by atoms with E-state index in [-0.39, 0.29) is 12.1 Å². The lowest BCUT2D eigenvalue weighted by molar-refractivity contribution is 0.0664. The van der Waals surface area contributed by atoms with E-state index in [0.29, 0.717) is 38.4 Å². The molecule has 2 N–H and O–H groups in total. The Bertz CT molecular complexity index is 1290. The van der Waals surface area contributed by atoms with Crippen LogP contribution < -0.4 is 10.6 Å². The SMILES string of the molecule is CCC1CC2CC(C)CC(C2)C1NC(=O)Nc1nn(-c2ccc(Cl)cc2Cl)c(-c2ccc(Cl)cc2)c1C. The van der Waals surface area contributed by atoms with Crippen molar-refractivity contribution < 1.29 is 4.79 Å². The van der Waals surface area contributed by atoms with Crippen LogP contribution in [0.4, 0.5) is 10.6 Å². The van der Waals surface area contributed by atoms with Gasteiger partial charge < -0.3 is 5.32 Å². The van der Waals surface area contributed by atoms with Gasteiger partial charge in [0.25, 0.3) is 0 Å². The number of urea groups is 1. The molecule has 2 aromatic carbocycles. The number of nitrogens with one attached hydrogen (secondary N) is 2. The fraction of sp³-hybridized carbons (Fsp3) is 0.448. The largest absolute Gasteiger partial charge is 0.335 e. The minimum Gasteiger partial charge on any atom is -0.335 e. The van der Waals surface area contributed by atoms with Gasteiger partial charge in [-0.15, -0.1) is 5.10 Å². The molecule has 1 heterocycles. The predicted molar refractivity (Wildman–Crippen MR) is 153 cm³/mol. The van der Waals surface area contributed by atoms with E-state index < -0.39 is 0 Å². The number of hydrogen-bond donors (Lipinski definition) is 2. The molecule has 5 rings (SSSR count). The van der Waals surface area contributed by atoms with Crippen molar-refractivity contribution in [2.75, 3.05) is 5.32 Å². The van der Waals surface area contributed by atoms with Crippen LogP contribution in [0.1, 0.15) is 51.5 Å². The van der Waals surface area contributed by atoms with E-state index in [1.54, 1.807) is 16.8 Å². The number of benzene rings is 2. The van der Waals surface area contributed by atoms with Crippen molar-refractivity contribution in [3.05, 3.63) is 63.1 Å². The van der Waals surface area contributed by atoms with E-state index >= 15 is 0 Å². The molecule has 0 saturated heterocycles. The van der Waals surface area contributed by atoms with Crippen LogP contribution in [-0.4, -0.2) is 21.9 Å². The van der Waals surface area contributed by atoms with E-state index in [1.807, 2.05) is 37.3 Å². The minimum atomic E-state index is -0.210. The number of carbonyl (C=O) groups is 1. The quantitative estimate of drug-likeness (QED) is 0.328. The predicted octanol–water partition coefficient (Wildman–Crippen LogP) is 8.78. The summed E-state index contributed by atoms with van der Waals surface area (Å²) in [5, 5.41) is 12.9. The summed E-state index contributed by atoms with van der Waals surface area (Å²) in [6.45, 7) is 6.54. The molecule has 37 heavy (non-hydrogen) atoms. The van der Waals surface area contributed by atoms with Crippen LogP contribution in [0.15, 0.2) is 42.5 Å². The Kier molecular flexibility index (Phi) is 7.76. The highest BCUT2D eigenvalue weighted by Crippen LogP contribution is 2.46. The number of aromatic nitrogens is 2. The smallest absolute Gasteiger partial charge is 0.320 e. The Morgan fingerprint density at radius 1 is 1.03 bits per heavy atom. The molecule has 0 aliphatic heterocycles. The van der Waals surface area contributed by atoms with Crippen LogP contribution in [0, 0.1) is 30.6 Å². The van der Waals surface area contributed by atoms with Crippen LogP contribution in [0.3, 0.4) is 0 Å². The molecule has 2 saturated carbocycles. The van der Waals surface area contributed by atoms with Gasteiger partial charge in [-0.1, -0.05) is 67.2 Å². The Hall–Kier alpha value is -2.21. The van der Waals surface area contributed by atoms with Crippen molar-refractivity contribution in [2.24, 2.45) is 23.7 Å². The summed E-state index contributed by atoms with van der Waals surface area (Å²) in [5.74, 6) is 3.06. The number of nitrogens with zero attached hydrogens (tertiary/aromatic N) is 2. The molecule has 2 aliphatic rings. The number of hydrogen-bond acceptors (Lipinski definition) is 2. The van der Waals surface area contributed by atoms with Crippen LogP contribution in [0.2, 0.25) is 15.1 Å². The Morgan fingerprint density at radius 3 is 2.46 bits per heavy atom. The number of anilines is 1. The molecule has 5 nitrogen and oxygen atoms in total. The van der Waals surface area contributed by atoms with Crippen molar-refractivity contribution in [2.45, 2.75) is 58.9 Å². The molecule has 196 valence electrons. The molecule has 5 unspecified atom stereocenters. The van der Waals surface area contributed by atoms with E-state index in [0.717, 1.165) is 35.1 Å². The standard InChI is InChI=1S/C29H33Cl3N4O/c1-4-19-13-18-11-16(2)12-21(14-18)26(19)33-29(37)34-28-17(3)27(20-5-7-22(30)8-6-20)36(35-28)25-10-9-23(31)15-24(25)32/h5-10,15-16,18-19,21,26H,4,11-14H2,1-3H3,(H2,33,34,35,37). The summed E-state index contributed by atoms with van der Waals surface area (Å²) in [4.78, 5) is 13.4. The first kappa shape index (κ1) is 26.4. The fourth-order valence-corrected chi connectivity index (χ4v) is 7.20. The van der Waals surface area contributed by atoms with Gasteiger partial charge >= 0.3 is 6.03 Å². The van der Waals surface area contributed by atoms with Gasteiger partial charge in [-0.3, -0.25) is 5.32 Å². The summed E-state index contributed by atoms with van der Waals surface area (Å²) in [6, 6.07) is 12.8. The van der Waals surface area contributed by atoms with Gasteiger partial charge in [0.2, 0.25) is 0 Å². The molecular weight excluding hydrogens is 527 g/mol. The van der Waals surface area contributed by atoms with Crippen molar-refractivity contribution in [1.29, 1.82) is 0 Å². The number of fused-ring (bicyclic) bond motifs is 2. The van der Waals surface area contributed by atoms with Crippen LogP contribution >= 0.6 is 34.8 Å². The summed E-state index contributed by atoms with van der Waals surface area (Å²) in [6.07, 6.45) is 6.00. The van der Waals surface area contributed by atoms with Crippen molar-refractivity contribution in [3.8, 4) is 16.9 Å². The first-order valence-corrected chi connectivity index (χ1v) is 14.2. The van der Waals surface area contributed by atoms with Crippen LogP contribution in [0.5, 0.6) is 0 Å². The molecular formula is C29H33Cl3N4O.